The van der Waals surface area contributed by atoms with E-state index < -0.39 is 9.84 Å². The van der Waals surface area contributed by atoms with Gasteiger partial charge < -0.3 is 9.47 Å². The zero-order valence-electron chi connectivity index (χ0n) is 15.6. The second kappa shape index (κ2) is 7.98. The quantitative estimate of drug-likeness (QED) is 0.651. The fourth-order valence-electron chi connectivity index (χ4n) is 2.79. The van der Waals surface area contributed by atoms with Crippen molar-refractivity contribution >= 4 is 9.84 Å². The van der Waals surface area contributed by atoms with Crippen LogP contribution < -0.4 is 15.0 Å². The summed E-state index contributed by atoms with van der Waals surface area (Å²) in [7, 11) is -3.30. The molecule has 29 heavy (non-hydrogen) atoms. The molecule has 0 aromatic heterocycles. The number of benzene rings is 3. The molecule has 1 atom stereocenters. The average molecular weight is 409 g/mol. The fraction of sp³-hybridized carbons (Fsp3) is 0.0909. The minimum atomic E-state index is -3.30. The summed E-state index contributed by atoms with van der Waals surface area (Å²) in [5, 5.41) is 0. The average Bonchev–Trinajstić information content (AvgIpc) is 3.17. The van der Waals surface area contributed by atoms with Crippen LogP contribution in [0.2, 0.25) is 0 Å². The number of hydrogen-bond donors (Lipinski definition) is 1. The standard InChI is InChI=1S/C22H19NO5S/c1-29(24,25)20-9-5-8-19(14-20)27-22-15-21(28-23-22)16-10-12-18(13-11-16)26-17-6-3-2-4-7-17/h2-15,21,23H,1H3/t21-/m0/s1. The van der Waals surface area contributed by atoms with Gasteiger partial charge in [-0.3, -0.25) is 4.84 Å². The monoisotopic (exact) mass is 409 g/mol. The topological polar surface area (TPSA) is 73.9 Å². The van der Waals surface area contributed by atoms with Crippen molar-refractivity contribution in [1.82, 2.24) is 5.48 Å². The fourth-order valence-corrected chi connectivity index (χ4v) is 3.45. The molecule has 0 fully saturated rings. The van der Waals surface area contributed by atoms with Crippen LogP contribution in [0.15, 0.2) is 95.7 Å². The summed E-state index contributed by atoms with van der Waals surface area (Å²) in [6, 6.07) is 23.4. The molecule has 148 valence electrons. The first-order valence-corrected chi connectivity index (χ1v) is 10.8. The number of hydroxylamine groups is 1. The summed E-state index contributed by atoms with van der Waals surface area (Å²) in [5.74, 6) is 2.29. The van der Waals surface area contributed by atoms with Gasteiger partial charge in [-0.15, -0.1) is 0 Å². The molecule has 1 N–H and O–H groups in total. The predicted molar refractivity (Wildman–Crippen MR) is 108 cm³/mol. The molecule has 4 rings (SSSR count). The van der Waals surface area contributed by atoms with Crippen LogP contribution >= 0.6 is 0 Å². The lowest BCUT2D eigenvalue weighted by atomic mass is 10.1. The van der Waals surface area contributed by atoms with Gasteiger partial charge in [-0.1, -0.05) is 36.4 Å². The highest BCUT2D eigenvalue weighted by atomic mass is 32.2. The molecule has 1 aliphatic rings. The van der Waals surface area contributed by atoms with Crippen LogP contribution in [0, 0.1) is 0 Å². The Labute approximate surface area is 169 Å². The van der Waals surface area contributed by atoms with Crippen molar-refractivity contribution in [2.75, 3.05) is 6.26 Å². The highest BCUT2D eigenvalue weighted by Crippen LogP contribution is 2.29. The Balaban J connectivity index is 1.43. The van der Waals surface area contributed by atoms with E-state index in [0.29, 0.717) is 11.6 Å². The number of hydrogen-bond acceptors (Lipinski definition) is 6. The molecule has 0 saturated carbocycles. The van der Waals surface area contributed by atoms with E-state index in [2.05, 4.69) is 5.48 Å². The number of sulfone groups is 1. The molecule has 0 bridgehead atoms. The maximum atomic E-state index is 11.7. The van der Waals surface area contributed by atoms with E-state index in [0.717, 1.165) is 23.3 Å². The Morgan fingerprint density at radius 3 is 2.24 bits per heavy atom. The molecule has 0 saturated heterocycles. The molecule has 0 radical (unpaired) electrons. The zero-order chi connectivity index (χ0) is 20.3. The molecule has 3 aromatic rings. The molecule has 7 heteroatoms. The summed E-state index contributed by atoms with van der Waals surface area (Å²) in [4.78, 5) is 5.75. The van der Waals surface area contributed by atoms with E-state index >= 15 is 0 Å². The third-order valence-electron chi connectivity index (χ3n) is 4.24. The van der Waals surface area contributed by atoms with Crippen LogP contribution in [0.3, 0.4) is 0 Å². The molecule has 3 aromatic carbocycles. The molecule has 1 heterocycles. The molecule has 0 aliphatic carbocycles. The van der Waals surface area contributed by atoms with E-state index in [1.165, 1.54) is 12.1 Å². The van der Waals surface area contributed by atoms with E-state index in [9.17, 15) is 8.42 Å². The minimum absolute atomic E-state index is 0.195. The third-order valence-corrected chi connectivity index (χ3v) is 5.35. The van der Waals surface area contributed by atoms with E-state index in [1.807, 2.05) is 54.6 Å². The van der Waals surface area contributed by atoms with Gasteiger partial charge >= 0.3 is 0 Å². The van der Waals surface area contributed by atoms with Crippen LogP contribution in [0.1, 0.15) is 11.7 Å². The zero-order valence-corrected chi connectivity index (χ0v) is 16.4. The maximum absolute atomic E-state index is 11.7. The smallest absolute Gasteiger partial charge is 0.216 e. The molecule has 0 spiro atoms. The summed E-state index contributed by atoms with van der Waals surface area (Å²) in [6.45, 7) is 0. The van der Waals surface area contributed by atoms with Gasteiger partial charge in [0.2, 0.25) is 5.88 Å². The first-order chi connectivity index (χ1) is 14.0. The second-order valence-corrected chi connectivity index (χ2v) is 8.52. The molecule has 1 aliphatic heterocycles. The number of para-hydroxylation sites is 1. The molecule has 6 nitrogen and oxygen atoms in total. The predicted octanol–water partition coefficient (Wildman–Crippen LogP) is 4.38. The van der Waals surface area contributed by atoms with Crippen molar-refractivity contribution in [1.29, 1.82) is 0 Å². The van der Waals surface area contributed by atoms with Crippen molar-refractivity contribution in [3.8, 4) is 17.2 Å². The van der Waals surface area contributed by atoms with Gasteiger partial charge in [-0.25, -0.2) is 13.9 Å². The highest BCUT2D eigenvalue weighted by molar-refractivity contribution is 7.90. The first kappa shape index (κ1) is 19.0. The van der Waals surface area contributed by atoms with Gasteiger partial charge in [-0.2, -0.15) is 0 Å². The number of rotatable bonds is 6. The van der Waals surface area contributed by atoms with Crippen LogP contribution in [-0.2, 0) is 14.7 Å². The summed E-state index contributed by atoms with van der Waals surface area (Å²) in [6.07, 6.45) is 2.60. The van der Waals surface area contributed by atoms with Gasteiger partial charge in [0.05, 0.1) is 4.90 Å². The minimum Gasteiger partial charge on any atom is -0.457 e. The Kier molecular flexibility index (Phi) is 5.24. The van der Waals surface area contributed by atoms with E-state index in [4.69, 9.17) is 14.3 Å². The van der Waals surface area contributed by atoms with Crippen LogP contribution in [0.4, 0.5) is 0 Å². The summed E-state index contributed by atoms with van der Waals surface area (Å²) in [5.41, 5.74) is 3.64. The Morgan fingerprint density at radius 1 is 0.828 bits per heavy atom. The summed E-state index contributed by atoms with van der Waals surface area (Å²) < 4.78 is 34.9. The van der Waals surface area contributed by atoms with Gasteiger partial charge in [0.15, 0.2) is 9.84 Å². The van der Waals surface area contributed by atoms with E-state index in [1.54, 1.807) is 18.2 Å². The Bertz CT molecular complexity index is 1130. The van der Waals surface area contributed by atoms with Gasteiger partial charge in [0.25, 0.3) is 0 Å². The van der Waals surface area contributed by atoms with Gasteiger partial charge in [0.1, 0.15) is 23.4 Å². The van der Waals surface area contributed by atoms with E-state index in [-0.39, 0.29) is 11.0 Å². The Hall–Kier alpha value is -3.29. The molecule has 0 unspecified atom stereocenters. The van der Waals surface area contributed by atoms with Gasteiger partial charge in [-0.05, 0) is 48.0 Å². The molecular weight excluding hydrogens is 390 g/mol. The van der Waals surface area contributed by atoms with Gasteiger partial charge in [0, 0.05) is 12.3 Å². The van der Waals surface area contributed by atoms with Crippen molar-refractivity contribution in [3.05, 3.63) is 96.4 Å². The highest BCUT2D eigenvalue weighted by Gasteiger charge is 2.20. The van der Waals surface area contributed by atoms with Crippen molar-refractivity contribution in [2.24, 2.45) is 0 Å². The number of nitrogens with one attached hydrogen (secondary N) is 1. The largest absolute Gasteiger partial charge is 0.457 e. The van der Waals surface area contributed by atoms with Crippen molar-refractivity contribution < 1.29 is 22.7 Å². The molecule has 0 amide bonds. The molecular formula is C22H19NO5S. The SMILES string of the molecule is CS(=O)(=O)c1cccc(OC2=C[C@@H](c3ccc(Oc4ccccc4)cc3)ON2)c1. The Morgan fingerprint density at radius 2 is 1.52 bits per heavy atom. The van der Waals surface area contributed by atoms with Crippen LogP contribution in [0.5, 0.6) is 17.2 Å². The van der Waals surface area contributed by atoms with Crippen molar-refractivity contribution in [3.63, 3.8) is 0 Å². The third kappa shape index (κ3) is 4.77. The second-order valence-electron chi connectivity index (χ2n) is 6.50. The van der Waals surface area contributed by atoms with Crippen LogP contribution in [-0.4, -0.2) is 14.7 Å². The lowest BCUT2D eigenvalue weighted by Crippen LogP contribution is -2.12. The van der Waals surface area contributed by atoms with Crippen molar-refractivity contribution in [2.45, 2.75) is 11.0 Å². The lowest BCUT2D eigenvalue weighted by molar-refractivity contribution is 0.0273. The first-order valence-electron chi connectivity index (χ1n) is 8.92. The maximum Gasteiger partial charge on any atom is 0.216 e. The number of ether oxygens (including phenoxy) is 2. The summed E-state index contributed by atoms with van der Waals surface area (Å²) >= 11 is 0. The normalized spacial score (nSPS) is 16.0. The lowest BCUT2D eigenvalue weighted by Gasteiger charge is -2.09. The van der Waals surface area contributed by atoms with Crippen LogP contribution in [0.25, 0.3) is 0 Å².